The van der Waals surface area contributed by atoms with Crippen molar-refractivity contribution in [2.45, 2.75) is 39.0 Å². The minimum Gasteiger partial charge on any atom is -0.457 e. The Morgan fingerprint density at radius 2 is 1.86 bits per heavy atom. The number of imidazole rings is 1. The van der Waals surface area contributed by atoms with E-state index in [0.717, 1.165) is 30.6 Å². The lowest BCUT2D eigenvalue weighted by Gasteiger charge is -2.29. The number of aryl methyl sites for hydroxylation is 1. The van der Waals surface area contributed by atoms with Gasteiger partial charge in [-0.15, -0.1) is 0 Å². The van der Waals surface area contributed by atoms with Gasteiger partial charge in [0.15, 0.2) is 5.78 Å². The molecule has 3 heterocycles. The zero-order valence-corrected chi connectivity index (χ0v) is 21.7. The first-order valence-electron chi connectivity index (χ1n) is 12.6. The van der Waals surface area contributed by atoms with Crippen LogP contribution in [0.2, 0.25) is 0 Å². The number of aromatic nitrogens is 3. The Bertz CT molecular complexity index is 1450. The summed E-state index contributed by atoms with van der Waals surface area (Å²) in [6, 6.07) is 14.3. The van der Waals surface area contributed by atoms with E-state index in [2.05, 4.69) is 41.0 Å². The fraction of sp³-hybridized carbons (Fsp3) is 0.345. The molecule has 0 aliphatic carbocycles. The predicted molar refractivity (Wildman–Crippen MR) is 143 cm³/mol. The number of anilines is 2. The number of nitrogens with zero attached hydrogens (tertiary/aromatic N) is 4. The summed E-state index contributed by atoms with van der Waals surface area (Å²) in [5.41, 5.74) is 3.60. The number of likely N-dealkylation sites (tertiary alicyclic amines) is 1. The number of nitrogens with one attached hydrogen (secondary N) is 1. The van der Waals surface area contributed by atoms with E-state index >= 15 is 0 Å². The van der Waals surface area contributed by atoms with Crippen molar-refractivity contribution >= 4 is 28.5 Å². The molecule has 192 valence electrons. The number of Topliss-reactive ketones (excluding diaryl/α,β-unsaturated/α-hetero) is 1. The van der Waals surface area contributed by atoms with Crippen LogP contribution < -0.4 is 10.1 Å². The zero-order chi connectivity index (χ0) is 26.2. The average molecular weight is 502 g/mol. The second kappa shape index (κ2) is 9.94. The lowest BCUT2D eigenvalue weighted by molar-refractivity contribution is -0.120. The van der Waals surface area contributed by atoms with Crippen molar-refractivity contribution in [3.05, 3.63) is 71.8 Å². The molecule has 0 spiro atoms. The molecule has 0 unspecified atom stereocenters. The quantitative estimate of drug-likeness (QED) is 0.331. The number of halogens is 1. The third kappa shape index (κ3) is 5.64. The van der Waals surface area contributed by atoms with Crippen molar-refractivity contribution in [2.75, 3.05) is 25.0 Å². The minimum atomic E-state index is -0.332. The van der Waals surface area contributed by atoms with Crippen LogP contribution in [0.5, 0.6) is 11.5 Å². The lowest BCUT2D eigenvalue weighted by atomic mass is 9.87. The molecule has 4 aromatic rings. The topological polar surface area (TPSA) is 72.3 Å². The van der Waals surface area contributed by atoms with Crippen LogP contribution in [0.4, 0.5) is 16.0 Å². The van der Waals surface area contributed by atoms with Crippen molar-refractivity contribution < 1.29 is 13.9 Å². The highest BCUT2D eigenvalue weighted by atomic mass is 19.1. The number of ether oxygens (including phenoxy) is 1. The molecular formula is C29H32FN5O2. The Morgan fingerprint density at radius 3 is 2.59 bits per heavy atom. The number of hydrogen-bond donors (Lipinski definition) is 1. The fourth-order valence-corrected chi connectivity index (χ4v) is 4.36. The molecule has 1 aliphatic heterocycles. The third-order valence-electron chi connectivity index (χ3n) is 6.68. The summed E-state index contributed by atoms with van der Waals surface area (Å²) in [6.07, 6.45) is 3.10. The van der Waals surface area contributed by atoms with Gasteiger partial charge in [-0.1, -0.05) is 26.8 Å². The number of pyridine rings is 1. The molecule has 1 aliphatic rings. The van der Waals surface area contributed by atoms with Crippen molar-refractivity contribution in [2.24, 2.45) is 7.05 Å². The molecule has 0 atom stereocenters. The normalized spacial score (nSPS) is 14.0. The monoisotopic (exact) mass is 501 g/mol. The number of benzene rings is 2. The Morgan fingerprint density at radius 1 is 1.08 bits per heavy atom. The molecule has 1 saturated heterocycles. The van der Waals surface area contributed by atoms with Gasteiger partial charge in [0.05, 0.1) is 35.4 Å². The van der Waals surface area contributed by atoms with Crippen molar-refractivity contribution in [1.29, 1.82) is 0 Å². The van der Waals surface area contributed by atoms with Gasteiger partial charge in [0.2, 0.25) is 5.95 Å². The summed E-state index contributed by atoms with van der Waals surface area (Å²) in [4.78, 5) is 23.5. The smallest absolute Gasteiger partial charge is 0.208 e. The van der Waals surface area contributed by atoms with E-state index in [4.69, 9.17) is 4.74 Å². The molecule has 8 heteroatoms. The minimum absolute atomic E-state index is 0.0999. The van der Waals surface area contributed by atoms with Gasteiger partial charge >= 0.3 is 0 Å². The maximum Gasteiger partial charge on any atom is 0.208 e. The van der Waals surface area contributed by atoms with Crippen LogP contribution in [0.15, 0.2) is 54.7 Å². The molecule has 37 heavy (non-hydrogen) atoms. The number of fused-ring (bicyclic) bond motifs is 1. The Labute approximate surface area is 216 Å². The molecule has 2 aromatic carbocycles. The molecule has 5 rings (SSSR count). The summed E-state index contributed by atoms with van der Waals surface area (Å²) < 4.78 is 22.5. The first-order chi connectivity index (χ1) is 17.7. The van der Waals surface area contributed by atoms with E-state index in [-0.39, 0.29) is 23.4 Å². The van der Waals surface area contributed by atoms with Crippen molar-refractivity contribution in [1.82, 2.24) is 19.4 Å². The molecule has 0 saturated carbocycles. The highest BCUT2D eigenvalue weighted by Gasteiger charge is 2.19. The van der Waals surface area contributed by atoms with Crippen LogP contribution in [0, 0.1) is 5.82 Å². The van der Waals surface area contributed by atoms with Gasteiger partial charge in [0.1, 0.15) is 17.3 Å². The van der Waals surface area contributed by atoms with Gasteiger partial charge in [-0.05, 0) is 60.8 Å². The van der Waals surface area contributed by atoms with Crippen LogP contribution in [0.25, 0.3) is 11.0 Å². The molecule has 2 aromatic heterocycles. The van der Waals surface area contributed by atoms with E-state index < -0.39 is 0 Å². The molecule has 1 fully saturated rings. The summed E-state index contributed by atoms with van der Waals surface area (Å²) in [7, 11) is 1.88. The summed E-state index contributed by atoms with van der Waals surface area (Å²) in [5, 5.41) is 3.15. The van der Waals surface area contributed by atoms with Gasteiger partial charge < -0.3 is 14.6 Å². The standard InChI is InChI=1S/C29H32FN5O2/c1-29(2,3)19-6-8-24(30)25(14-19)32-28-33-26-17-22(7-9-27(26)34(28)4)37-23-10-11-31-20(16-23)15-21(36)18-35-12-5-13-35/h6-11,14,16-17H,5,12-13,15,18H2,1-4H3,(H,32,33). The fourth-order valence-electron chi connectivity index (χ4n) is 4.36. The maximum absolute atomic E-state index is 14.6. The molecule has 0 bridgehead atoms. The van der Waals surface area contributed by atoms with Gasteiger partial charge in [-0.25, -0.2) is 9.37 Å². The van der Waals surface area contributed by atoms with Crippen LogP contribution in [0.3, 0.4) is 0 Å². The predicted octanol–water partition coefficient (Wildman–Crippen LogP) is 5.76. The molecule has 0 radical (unpaired) electrons. The Balaban J connectivity index is 1.32. The van der Waals surface area contributed by atoms with E-state index in [1.165, 1.54) is 6.07 Å². The number of carbonyl (C=O) groups is 1. The molecule has 7 nitrogen and oxygen atoms in total. The molecule has 1 N–H and O–H groups in total. The zero-order valence-electron chi connectivity index (χ0n) is 21.7. The second-order valence-corrected chi connectivity index (χ2v) is 10.6. The first-order valence-corrected chi connectivity index (χ1v) is 12.6. The number of rotatable bonds is 8. The SMILES string of the molecule is Cn1c(Nc2cc(C(C)(C)C)ccc2F)nc2cc(Oc3ccnc(CC(=O)CN4CCC4)c3)ccc21. The van der Waals surface area contributed by atoms with Crippen molar-refractivity contribution in [3.63, 3.8) is 0 Å². The van der Waals surface area contributed by atoms with Gasteiger partial charge in [0.25, 0.3) is 0 Å². The summed E-state index contributed by atoms with van der Waals surface area (Å²) in [6.45, 7) is 8.75. The number of ketones is 1. The highest BCUT2D eigenvalue weighted by Crippen LogP contribution is 2.31. The Kier molecular flexibility index (Phi) is 6.69. The van der Waals surface area contributed by atoms with Crippen LogP contribution in [-0.4, -0.2) is 44.9 Å². The average Bonchev–Trinajstić information content (AvgIpc) is 3.12. The van der Waals surface area contributed by atoms with E-state index in [0.29, 0.717) is 40.9 Å². The molecule has 0 amide bonds. The van der Waals surface area contributed by atoms with Gasteiger partial charge in [-0.3, -0.25) is 14.7 Å². The third-order valence-corrected chi connectivity index (χ3v) is 6.68. The van der Waals surface area contributed by atoms with Gasteiger partial charge in [-0.2, -0.15) is 0 Å². The van der Waals surface area contributed by atoms with E-state index in [1.807, 2.05) is 41.9 Å². The Hall–Kier alpha value is -3.78. The summed E-state index contributed by atoms with van der Waals surface area (Å²) in [5.74, 6) is 1.58. The summed E-state index contributed by atoms with van der Waals surface area (Å²) >= 11 is 0. The van der Waals surface area contributed by atoms with Crippen LogP contribution in [-0.2, 0) is 23.7 Å². The first kappa shape index (κ1) is 24.9. The second-order valence-electron chi connectivity index (χ2n) is 10.6. The largest absolute Gasteiger partial charge is 0.457 e. The lowest BCUT2D eigenvalue weighted by Crippen LogP contribution is -2.41. The number of hydrogen-bond acceptors (Lipinski definition) is 6. The van der Waals surface area contributed by atoms with Crippen LogP contribution in [0.1, 0.15) is 38.4 Å². The van der Waals surface area contributed by atoms with E-state index in [1.54, 1.807) is 18.3 Å². The van der Waals surface area contributed by atoms with E-state index in [9.17, 15) is 9.18 Å². The number of carbonyl (C=O) groups excluding carboxylic acids is 1. The van der Waals surface area contributed by atoms with Gasteiger partial charge in [0, 0.05) is 25.4 Å². The van der Waals surface area contributed by atoms with Crippen molar-refractivity contribution in [3.8, 4) is 11.5 Å². The van der Waals surface area contributed by atoms with Crippen LogP contribution >= 0.6 is 0 Å². The maximum atomic E-state index is 14.6. The highest BCUT2D eigenvalue weighted by molar-refractivity contribution is 5.83. The molecular weight excluding hydrogens is 469 g/mol.